The van der Waals surface area contributed by atoms with Gasteiger partial charge in [-0.1, -0.05) is 24.3 Å². The van der Waals surface area contributed by atoms with Gasteiger partial charge in [0, 0.05) is 25.4 Å². The van der Waals surface area contributed by atoms with E-state index in [4.69, 9.17) is 9.47 Å². The largest absolute Gasteiger partial charge is 0.494 e. The van der Waals surface area contributed by atoms with Crippen LogP contribution in [0.1, 0.15) is 26.2 Å². The lowest BCUT2D eigenvalue weighted by molar-refractivity contribution is -0.154. The normalized spacial score (nSPS) is 33.8. The van der Waals surface area contributed by atoms with Crippen molar-refractivity contribution in [3.63, 3.8) is 0 Å². The zero-order chi connectivity index (χ0) is 25.2. The van der Waals surface area contributed by atoms with Crippen molar-refractivity contribution in [1.82, 2.24) is 16.0 Å². The molecule has 3 aliphatic rings. The van der Waals surface area contributed by atoms with Gasteiger partial charge in [-0.25, -0.2) is 0 Å². The number of rotatable bonds is 7. The molecule has 0 saturated carbocycles. The molecule has 10 nitrogen and oxygen atoms in total. The van der Waals surface area contributed by atoms with E-state index in [1.807, 2.05) is 12.4 Å². The first kappa shape index (κ1) is 27.0. The van der Waals surface area contributed by atoms with Crippen LogP contribution < -0.4 is 16.0 Å². The maximum Gasteiger partial charge on any atom is 0.316 e. The minimum atomic E-state index is -1.36. The second-order valence-electron chi connectivity index (χ2n) is 8.90. The lowest BCUT2D eigenvalue weighted by atomic mass is 9.87. The maximum absolute atomic E-state index is 12.9. The molecular weight excluding hydrogens is 454 g/mol. The highest BCUT2D eigenvalue weighted by Gasteiger charge is 2.34. The van der Waals surface area contributed by atoms with Crippen molar-refractivity contribution in [3.8, 4) is 0 Å². The monoisotopic (exact) mass is 491 g/mol. The molecule has 0 bridgehead atoms. The highest BCUT2D eigenvalue weighted by Crippen LogP contribution is 2.29. The van der Waals surface area contributed by atoms with Crippen molar-refractivity contribution in [3.05, 3.63) is 60.2 Å². The van der Waals surface area contributed by atoms with Crippen LogP contribution in [-0.4, -0.2) is 82.8 Å². The predicted octanol–water partition coefficient (Wildman–Crippen LogP) is -0.306. The molecule has 2 unspecified atom stereocenters. The maximum atomic E-state index is 12.9. The quantitative estimate of drug-likeness (QED) is 0.143. The third kappa shape index (κ3) is 8.22. The number of hydrogen-bond donors (Lipinski definition) is 7. The number of carbonyl (C=O) groups excluding carboxylic acids is 1. The van der Waals surface area contributed by atoms with Gasteiger partial charge in [-0.3, -0.25) is 4.79 Å². The van der Waals surface area contributed by atoms with Gasteiger partial charge in [0.25, 0.3) is 0 Å². The van der Waals surface area contributed by atoms with E-state index < -0.39 is 42.4 Å². The number of aliphatic hydroxyl groups is 4. The second-order valence-corrected chi connectivity index (χ2v) is 8.90. The third-order valence-corrected chi connectivity index (χ3v) is 5.94. The minimum Gasteiger partial charge on any atom is -0.494 e. The van der Waals surface area contributed by atoms with Gasteiger partial charge >= 0.3 is 5.97 Å². The molecule has 0 aromatic carbocycles. The first-order valence-electron chi connectivity index (χ1n) is 12.0. The van der Waals surface area contributed by atoms with Gasteiger partial charge in [0.2, 0.25) is 0 Å². The molecule has 0 saturated heterocycles. The summed E-state index contributed by atoms with van der Waals surface area (Å²) in [5, 5.41) is 50.7. The molecule has 0 aromatic rings. The van der Waals surface area contributed by atoms with Crippen LogP contribution in [0.5, 0.6) is 0 Å². The molecule has 0 fully saturated rings. The SMILES string of the molecule is C[C@H]1C/C=C\[C@H](O)[C@@H](O)C(O)C/C=C/C2=CC(OCCCNCC3NC=CN3)=C[C@@H](O)C2C(=O)O1. The number of hydrogen-bond acceptors (Lipinski definition) is 10. The summed E-state index contributed by atoms with van der Waals surface area (Å²) in [4.78, 5) is 12.9. The van der Waals surface area contributed by atoms with E-state index in [-0.39, 0.29) is 12.6 Å². The molecule has 35 heavy (non-hydrogen) atoms. The average molecular weight is 492 g/mol. The Balaban J connectivity index is 1.61. The first-order valence-corrected chi connectivity index (χ1v) is 12.0. The summed E-state index contributed by atoms with van der Waals surface area (Å²) in [5.74, 6) is -1.07. The molecule has 0 amide bonds. The van der Waals surface area contributed by atoms with Gasteiger partial charge in [0.05, 0.1) is 18.8 Å². The number of aliphatic hydroxyl groups excluding tert-OH is 4. The molecule has 2 heterocycles. The average Bonchev–Trinajstić information content (AvgIpc) is 3.33. The van der Waals surface area contributed by atoms with Crippen molar-refractivity contribution >= 4 is 5.97 Å². The van der Waals surface area contributed by atoms with Crippen molar-refractivity contribution in [2.75, 3.05) is 19.7 Å². The van der Waals surface area contributed by atoms with Crippen LogP contribution in [0.3, 0.4) is 0 Å². The van der Waals surface area contributed by atoms with Crippen LogP contribution in [0.2, 0.25) is 0 Å². The van der Waals surface area contributed by atoms with E-state index in [0.29, 0.717) is 24.4 Å². The molecule has 194 valence electrons. The number of carbonyl (C=O) groups is 1. The van der Waals surface area contributed by atoms with Crippen LogP contribution in [0.15, 0.2) is 60.2 Å². The number of esters is 1. The molecule has 0 spiro atoms. The van der Waals surface area contributed by atoms with Gasteiger partial charge in [-0.2, -0.15) is 0 Å². The summed E-state index contributed by atoms with van der Waals surface area (Å²) in [7, 11) is 0. The van der Waals surface area contributed by atoms with E-state index in [1.54, 1.807) is 31.2 Å². The van der Waals surface area contributed by atoms with Crippen LogP contribution in [0, 0.1) is 5.92 Å². The van der Waals surface area contributed by atoms with E-state index in [0.717, 1.165) is 19.5 Å². The summed E-state index contributed by atoms with van der Waals surface area (Å²) in [6.45, 7) is 3.64. The summed E-state index contributed by atoms with van der Waals surface area (Å²) in [6.07, 6.45) is 8.88. The molecule has 7 N–H and O–H groups in total. The fourth-order valence-electron chi connectivity index (χ4n) is 3.96. The van der Waals surface area contributed by atoms with Crippen LogP contribution in [0.4, 0.5) is 0 Å². The summed E-state index contributed by atoms with van der Waals surface area (Å²) >= 11 is 0. The van der Waals surface area contributed by atoms with Crippen molar-refractivity contribution < 1.29 is 34.7 Å². The Hall–Kier alpha value is -2.63. The second kappa shape index (κ2) is 13.5. The predicted molar refractivity (Wildman–Crippen MR) is 129 cm³/mol. The number of cyclic esters (lactones) is 1. The minimum absolute atomic E-state index is 0.0451. The number of ether oxygens (including phenoxy) is 2. The Bertz CT molecular complexity index is 846. The number of nitrogens with one attached hydrogen (secondary N) is 3. The Labute approximate surface area is 205 Å². The van der Waals surface area contributed by atoms with E-state index >= 15 is 0 Å². The Morgan fingerprint density at radius 2 is 1.89 bits per heavy atom. The molecule has 0 radical (unpaired) electrons. The number of fused-ring (bicyclic) bond motifs is 1. The molecular formula is C25H37N3O7. The lowest BCUT2D eigenvalue weighted by Gasteiger charge is -2.27. The highest BCUT2D eigenvalue weighted by atomic mass is 16.5. The first-order chi connectivity index (χ1) is 16.8. The van der Waals surface area contributed by atoms with E-state index in [1.165, 1.54) is 12.2 Å². The fraction of sp³-hybridized carbons (Fsp3) is 0.560. The zero-order valence-corrected chi connectivity index (χ0v) is 19.9. The Morgan fingerprint density at radius 3 is 2.66 bits per heavy atom. The lowest BCUT2D eigenvalue weighted by Crippen LogP contribution is -2.41. The summed E-state index contributed by atoms with van der Waals surface area (Å²) < 4.78 is 11.3. The van der Waals surface area contributed by atoms with Crippen LogP contribution in [0.25, 0.3) is 0 Å². The topological polar surface area (TPSA) is 153 Å². The Morgan fingerprint density at radius 1 is 1.11 bits per heavy atom. The smallest absolute Gasteiger partial charge is 0.316 e. The van der Waals surface area contributed by atoms with E-state index in [9.17, 15) is 25.2 Å². The molecule has 0 aromatic heterocycles. The molecule has 1 aliphatic carbocycles. The van der Waals surface area contributed by atoms with Gasteiger partial charge < -0.3 is 45.9 Å². The van der Waals surface area contributed by atoms with Gasteiger partial charge in [-0.15, -0.1) is 0 Å². The van der Waals surface area contributed by atoms with Gasteiger partial charge in [-0.05, 0) is 44.0 Å². The zero-order valence-electron chi connectivity index (χ0n) is 19.9. The summed E-state index contributed by atoms with van der Waals surface area (Å²) in [5.41, 5.74) is 0.478. The third-order valence-electron chi connectivity index (χ3n) is 5.94. The Kier molecular flexibility index (Phi) is 10.4. The van der Waals surface area contributed by atoms with Crippen LogP contribution >= 0.6 is 0 Å². The van der Waals surface area contributed by atoms with E-state index in [2.05, 4.69) is 16.0 Å². The molecule has 6 atom stereocenters. The van der Waals surface area contributed by atoms with Gasteiger partial charge in [0.15, 0.2) is 0 Å². The van der Waals surface area contributed by atoms with Gasteiger partial charge in [0.1, 0.15) is 36.2 Å². The van der Waals surface area contributed by atoms with Crippen molar-refractivity contribution in [1.29, 1.82) is 0 Å². The molecule has 3 rings (SSSR count). The summed E-state index contributed by atoms with van der Waals surface area (Å²) in [6, 6.07) is 0. The van der Waals surface area contributed by atoms with Crippen LogP contribution in [-0.2, 0) is 14.3 Å². The van der Waals surface area contributed by atoms with Crippen molar-refractivity contribution in [2.24, 2.45) is 5.92 Å². The fourth-order valence-corrected chi connectivity index (χ4v) is 3.96. The highest BCUT2D eigenvalue weighted by molar-refractivity contribution is 5.79. The molecule has 10 heteroatoms. The van der Waals surface area contributed by atoms with Crippen molar-refractivity contribution in [2.45, 2.75) is 62.9 Å². The number of allylic oxidation sites excluding steroid dienone is 2. The molecule has 2 aliphatic heterocycles. The standard InChI is InChI=1S/C25H37N3O7/c1-16-5-2-7-19(29)24(32)20(30)8-3-6-17-13-18(14-21(31)23(17)25(33)35-16)34-12-4-9-26-15-22-27-10-11-28-22/h2-3,6-7,10-11,13-14,16,19-24,26-32H,4-5,8-9,12,15H2,1H3/b6-3+,7-2-/t16-,19-,20?,21+,23?,24+/m0/s1.